The third-order valence-electron chi connectivity index (χ3n) is 1.87. The molecule has 100 valence electrons. The summed E-state index contributed by atoms with van der Waals surface area (Å²) in [4.78, 5) is 27.6. The standard InChI is InChI=1S/C11H22N2O4/c1-8(7-9(14)13(5)16-6)12-10(15)17-11(2,3)4/h8H,7H2,1-6H3,(H,12,15). The molecule has 0 bridgehead atoms. The van der Waals surface area contributed by atoms with Crippen molar-refractivity contribution in [2.45, 2.75) is 45.8 Å². The van der Waals surface area contributed by atoms with Gasteiger partial charge in [0.15, 0.2) is 0 Å². The van der Waals surface area contributed by atoms with E-state index in [0.717, 1.165) is 5.06 Å². The van der Waals surface area contributed by atoms with Gasteiger partial charge < -0.3 is 10.1 Å². The second kappa shape index (κ2) is 6.44. The van der Waals surface area contributed by atoms with Gasteiger partial charge in [0.05, 0.1) is 7.11 Å². The molecule has 0 aromatic rings. The smallest absolute Gasteiger partial charge is 0.407 e. The summed E-state index contributed by atoms with van der Waals surface area (Å²) in [5.41, 5.74) is -0.545. The van der Waals surface area contributed by atoms with Crippen LogP contribution in [0.1, 0.15) is 34.1 Å². The number of hydroxylamine groups is 2. The van der Waals surface area contributed by atoms with Gasteiger partial charge in [0.2, 0.25) is 5.91 Å². The molecule has 1 atom stereocenters. The van der Waals surface area contributed by atoms with E-state index in [4.69, 9.17) is 9.57 Å². The molecule has 2 amide bonds. The number of nitrogens with one attached hydrogen (secondary N) is 1. The first-order valence-electron chi connectivity index (χ1n) is 5.46. The van der Waals surface area contributed by atoms with Gasteiger partial charge in [-0.3, -0.25) is 9.63 Å². The third kappa shape index (κ3) is 7.57. The summed E-state index contributed by atoms with van der Waals surface area (Å²) in [6.45, 7) is 7.06. The van der Waals surface area contributed by atoms with Crippen molar-refractivity contribution < 1.29 is 19.2 Å². The minimum atomic E-state index is -0.545. The van der Waals surface area contributed by atoms with Crippen LogP contribution < -0.4 is 5.32 Å². The van der Waals surface area contributed by atoms with Crippen LogP contribution in [0.5, 0.6) is 0 Å². The molecule has 0 radical (unpaired) electrons. The average Bonchev–Trinajstić information content (AvgIpc) is 2.12. The maximum Gasteiger partial charge on any atom is 0.407 e. The fourth-order valence-electron chi connectivity index (χ4n) is 1.05. The van der Waals surface area contributed by atoms with Gasteiger partial charge in [0, 0.05) is 19.5 Å². The Morgan fingerprint density at radius 1 is 1.35 bits per heavy atom. The highest BCUT2D eigenvalue weighted by molar-refractivity contribution is 5.76. The first-order valence-corrected chi connectivity index (χ1v) is 5.46. The quantitative estimate of drug-likeness (QED) is 0.759. The number of rotatable bonds is 4. The van der Waals surface area contributed by atoms with Gasteiger partial charge in [0.1, 0.15) is 5.60 Å². The molecule has 6 heteroatoms. The van der Waals surface area contributed by atoms with Gasteiger partial charge in [-0.1, -0.05) is 0 Å². The van der Waals surface area contributed by atoms with E-state index in [1.165, 1.54) is 14.2 Å². The largest absolute Gasteiger partial charge is 0.444 e. The molecule has 0 aromatic carbocycles. The summed E-state index contributed by atoms with van der Waals surface area (Å²) in [5, 5.41) is 3.70. The van der Waals surface area contributed by atoms with Gasteiger partial charge in [-0.25, -0.2) is 9.86 Å². The molecule has 0 saturated carbocycles. The van der Waals surface area contributed by atoms with Gasteiger partial charge in [-0.2, -0.15) is 0 Å². The van der Waals surface area contributed by atoms with Gasteiger partial charge in [-0.15, -0.1) is 0 Å². The van der Waals surface area contributed by atoms with Crippen molar-refractivity contribution in [3.05, 3.63) is 0 Å². The maximum atomic E-state index is 11.5. The lowest BCUT2D eigenvalue weighted by molar-refractivity contribution is -0.169. The number of alkyl carbamates (subject to hydrolysis) is 1. The van der Waals surface area contributed by atoms with Crippen LogP contribution in [-0.2, 0) is 14.4 Å². The van der Waals surface area contributed by atoms with Crippen LogP contribution >= 0.6 is 0 Å². The molecule has 0 fully saturated rings. The molecular weight excluding hydrogens is 224 g/mol. The van der Waals surface area contributed by atoms with Gasteiger partial charge >= 0.3 is 6.09 Å². The zero-order valence-corrected chi connectivity index (χ0v) is 11.4. The second-order valence-corrected chi connectivity index (χ2v) is 4.83. The molecule has 0 aliphatic carbocycles. The van der Waals surface area contributed by atoms with Crippen molar-refractivity contribution in [3.8, 4) is 0 Å². The number of ether oxygens (including phenoxy) is 1. The zero-order valence-electron chi connectivity index (χ0n) is 11.4. The average molecular weight is 246 g/mol. The van der Waals surface area contributed by atoms with Crippen LogP contribution in [0.3, 0.4) is 0 Å². The van der Waals surface area contributed by atoms with Crippen molar-refractivity contribution in [2.24, 2.45) is 0 Å². The van der Waals surface area contributed by atoms with Crippen LogP contribution in [0.4, 0.5) is 4.79 Å². The molecule has 0 aliphatic heterocycles. The van der Waals surface area contributed by atoms with E-state index < -0.39 is 11.7 Å². The molecule has 1 N–H and O–H groups in total. The van der Waals surface area contributed by atoms with Crippen LogP contribution in [0.25, 0.3) is 0 Å². The number of nitrogens with zero attached hydrogens (tertiary/aromatic N) is 1. The fraction of sp³-hybridized carbons (Fsp3) is 0.818. The molecule has 0 spiro atoms. The Hall–Kier alpha value is -1.30. The molecule has 0 aromatic heterocycles. The van der Waals surface area contributed by atoms with Crippen molar-refractivity contribution in [1.29, 1.82) is 0 Å². The first-order chi connectivity index (χ1) is 7.65. The zero-order chi connectivity index (χ0) is 13.6. The predicted octanol–water partition coefficient (Wildman–Crippen LogP) is 1.31. The Morgan fingerprint density at radius 2 is 1.88 bits per heavy atom. The Kier molecular flexibility index (Phi) is 5.95. The molecular formula is C11H22N2O4. The first kappa shape index (κ1) is 15.7. The Labute approximate surface area is 102 Å². The summed E-state index contributed by atoms with van der Waals surface area (Å²) >= 11 is 0. The Bertz CT molecular complexity index is 273. The highest BCUT2D eigenvalue weighted by Gasteiger charge is 2.19. The topological polar surface area (TPSA) is 67.9 Å². The number of amides is 2. The Morgan fingerprint density at radius 3 is 2.29 bits per heavy atom. The van der Waals surface area contributed by atoms with Gasteiger partial charge in [-0.05, 0) is 27.7 Å². The van der Waals surface area contributed by atoms with Crippen molar-refractivity contribution in [2.75, 3.05) is 14.2 Å². The molecule has 0 heterocycles. The predicted molar refractivity (Wildman–Crippen MR) is 63.2 cm³/mol. The van der Waals surface area contributed by atoms with E-state index in [2.05, 4.69) is 5.32 Å². The Balaban J connectivity index is 4.06. The molecule has 6 nitrogen and oxygen atoms in total. The molecule has 0 aliphatic rings. The monoisotopic (exact) mass is 246 g/mol. The van der Waals surface area contributed by atoms with Crippen molar-refractivity contribution in [1.82, 2.24) is 10.4 Å². The van der Waals surface area contributed by atoms with Crippen LogP contribution in [-0.4, -0.2) is 42.9 Å². The minimum Gasteiger partial charge on any atom is -0.444 e. The molecule has 0 saturated heterocycles. The number of hydrogen-bond donors (Lipinski definition) is 1. The van der Waals surface area contributed by atoms with E-state index in [9.17, 15) is 9.59 Å². The minimum absolute atomic E-state index is 0.156. The van der Waals surface area contributed by atoms with E-state index in [1.54, 1.807) is 27.7 Å². The molecule has 17 heavy (non-hydrogen) atoms. The highest BCUT2D eigenvalue weighted by atomic mass is 16.7. The van der Waals surface area contributed by atoms with Crippen LogP contribution in [0.15, 0.2) is 0 Å². The number of carbonyl (C=O) groups is 2. The summed E-state index contributed by atoms with van der Waals surface area (Å²) in [6, 6.07) is -0.310. The summed E-state index contributed by atoms with van der Waals surface area (Å²) in [7, 11) is 2.92. The summed E-state index contributed by atoms with van der Waals surface area (Å²) < 4.78 is 5.07. The van der Waals surface area contributed by atoms with Crippen molar-refractivity contribution >= 4 is 12.0 Å². The van der Waals surface area contributed by atoms with Crippen molar-refractivity contribution in [3.63, 3.8) is 0 Å². The van der Waals surface area contributed by atoms with Crippen LogP contribution in [0, 0.1) is 0 Å². The SMILES string of the molecule is CON(C)C(=O)CC(C)NC(=O)OC(C)(C)C. The third-order valence-corrected chi connectivity index (χ3v) is 1.87. The lowest BCUT2D eigenvalue weighted by atomic mass is 10.2. The maximum absolute atomic E-state index is 11.5. The van der Waals surface area contributed by atoms with E-state index in [0.29, 0.717) is 0 Å². The summed E-state index contributed by atoms with van der Waals surface area (Å²) in [5.74, 6) is -0.212. The molecule has 1 unspecified atom stereocenters. The summed E-state index contributed by atoms with van der Waals surface area (Å²) in [6.07, 6.45) is -0.373. The molecule has 0 rings (SSSR count). The normalized spacial score (nSPS) is 12.8. The lowest BCUT2D eigenvalue weighted by Crippen LogP contribution is -2.40. The van der Waals surface area contributed by atoms with Crippen LogP contribution in [0.2, 0.25) is 0 Å². The number of carbonyl (C=O) groups excluding carboxylic acids is 2. The lowest BCUT2D eigenvalue weighted by Gasteiger charge is -2.22. The second-order valence-electron chi connectivity index (χ2n) is 4.83. The van der Waals surface area contributed by atoms with E-state index in [-0.39, 0.29) is 18.4 Å². The fourth-order valence-corrected chi connectivity index (χ4v) is 1.05. The van der Waals surface area contributed by atoms with Gasteiger partial charge in [0.25, 0.3) is 0 Å². The van der Waals surface area contributed by atoms with E-state index >= 15 is 0 Å². The van der Waals surface area contributed by atoms with E-state index in [1.807, 2.05) is 0 Å². The number of hydrogen-bond acceptors (Lipinski definition) is 4. The highest BCUT2D eigenvalue weighted by Crippen LogP contribution is 2.07.